The molecule has 0 N–H and O–H groups in total. The van der Waals surface area contributed by atoms with Crippen molar-refractivity contribution in [3.05, 3.63) is 247 Å². The summed E-state index contributed by atoms with van der Waals surface area (Å²) >= 11 is 1.80. The number of nitrogens with zero attached hydrogens (tertiary/aromatic N) is 3. The Morgan fingerprint density at radius 3 is 1.59 bits per heavy atom. The third-order valence-electron chi connectivity index (χ3n) is 14.4. The van der Waals surface area contributed by atoms with Crippen molar-refractivity contribution < 1.29 is 8.83 Å². The second-order valence-corrected chi connectivity index (χ2v) is 19.3. The number of hydrogen-bond donors (Lipinski definition) is 0. The second kappa shape index (κ2) is 15.0. The molecule has 0 radical (unpaired) electrons. The van der Waals surface area contributed by atoms with E-state index in [1.165, 1.54) is 53.6 Å². The fourth-order valence-electron chi connectivity index (χ4n) is 11.4. The number of rotatable bonds is 6. The number of furan rings is 2. The van der Waals surface area contributed by atoms with Gasteiger partial charge in [0.2, 0.25) is 0 Å². The number of fused-ring (bicyclic) bond motifs is 12. The minimum absolute atomic E-state index is 0.508. The lowest BCUT2D eigenvalue weighted by molar-refractivity contribution is 0.668. The Balaban J connectivity index is 0.943. The van der Waals surface area contributed by atoms with Crippen LogP contribution in [0.5, 0.6) is 0 Å². The van der Waals surface area contributed by atoms with Crippen LogP contribution in [0.25, 0.3) is 120 Å². The minimum Gasteiger partial charge on any atom is -0.456 e. The standard InChI is InChI=1S/C64H37N3O2S/c1-3-15-41(16-4-1)64(42-17-5-2-6-18-42)51-24-10-7-19-43(51)44-32-29-39(37-52(44)64)38-30-33-54-50(35-38)60-48(23-14-27-56(60)69-54)63-66-61(40-31-34-58-49(36-40)45-20-9-12-28-57(45)70-58)65-62(67-63)47-22-13-26-55-59(47)46-21-8-11-25-53(46)68-55/h1-37H. The maximum Gasteiger partial charge on any atom is 0.164 e. The molecular weight excluding hydrogens is 875 g/mol. The molecule has 0 saturated heterocycles. The van der Waals surface area contributed by atoms with Gasteiger partial charge in [-0.3, -0.25) is 0 Å². The summed E-state index contributed by atoms with van der Waals surface area (Å²) in [7, 11) is 0. The van der Waals surface area contributed by atoms with Crippen LogP contribution >= 0.6 is 11.3 Å². The molecule has 15 rings (SSSR count). The predicted octanol–water partition coefficient (Wildman–Crippen LogP) is 17.1. The van der Waals surface area contributed by atoms with Gasteiger partial charge in [0.1, 0.15) is 22.3 Å². The van der Waals surface area contributed by atoms with Crippen LogP contribution in [0.15, 0.2) is 233 Å². The molecule has 1 aliphatic carbocycles. The quantitative estimate of drug-likeness (QED) is 0.166. The van der Waals surface area contributed by atoms with Gasteiger partial charge in [-0.2, -0.15) is 0 Å². The maximum absolute atomic E-state index is 6.69. The molecule has 0 saturated carbocycles. The molecular formula is C64H37N3O2S. The van der Waals surface area contributed by atoms with E-state index in [4.69, 9.17) is 23.8 Å². The summed E-state index contributed by atoms with van der Waals surface area (Å²) in [6.45, 7) is 0. The number of benzene rings is 10. The lowest BCUT2D eigenvalue weighted by Crippen LogP contribution is -2.28. The van der Waals surface area contributed by atoms with Crippen molar-refractivity contribution in [2.45, 2.75) is 5.41 Å². The highest BCUT2D eigenvalue weighted by Gasteiger charge is 2.46. The van der Waals surface area contributed by atoms with Gasteiger partial charge in [-0.05, 0) is 105 Å². The van der Waals surface area contributed by atoms with E-state index in [0.717, 1.165) is 71.7 Å². The summed E-state index contributed by atoms with van der Waals surface area (Å²) in [6.07, 6.45) is 0. The Morgan fingerprint density at radius 1 is 0.314 bits per heavy atom. The van der Waals surface area contributed by atoms with Gasteiger partial charge in [0.25, 0.3) is 0 Å². The Labute approximate surface area is 405 Å². The first-order valence-corrected chi connectivity index (χ1v) is 24.4. The van der Waals surface area contributed by atoms with Crippen molar-refractivity contribution in [1.82, 2.24) is 15.0 Å². The monoisotopic (exact) mass is 911 g/mol. The van der Waals surface area contributed by atoms with Crippen LogP contribution in [-0.2, 0) is 5.41 Å². The molecule has 0 fully saturated rings. The lowest BCUT2D eigenvalue weighted by atomic mass is 9.67. The number of hydrogen-bond acceptors (Lipinski definition) is 6. The van der Waals surface area contributed by atoms with Gasteiger partial charge in [-0.25, -0.2) is 15.0 Å². The van der Waals surface area contributed by atoms with E-state index >= 15 is 0 Å². The van der Waals surface area contributed by atoms with Crippen LogP contribution in [-0.4, -0.2) is 15.0 Å². The molecule has 70 heavy (non-hydrogen) atoms. The summed E-state index contributed by atoms with van der Waals surface area (Å²) in [5.74, 6) is 1.72. The van der Waals surface area contributed by atoms with Gasteiger partial charge in [0, 0.05) is 58.4 Å². The van der Waals surface area contributed by atoms with Gasteiger partial charge in [-0.15, -0.1) is 11.3 Å². The Morgan fingerprint density at radius 2 is 0.829 bits per heavy atom. The summed E-state index contributed by atoms with van der Waals surface area (Å²) in [5.41, 5.74) is 15.0. The first kappa shape index (κ1) is 39.1. The zero-order chi connectivity index (χ0) is 45.9. The molecule has 4 heterocycles. The largest absolute Gasteiger partial charge is 0.456 e. The SMILES string of the molecule is c1ccc(C2(c3ccccc3)c3ccccc3-c3ccc(-c4ccc5oc6cccc(-c7nc(-c8ccc9sc%10ccccc%10c9c8)nc(-c8cccc9oc%10ccccc%10c89)n7)c6c5c4)cc32)cc1. The highest BCUT2D eigenvalue weighted by Crippen LogP contribution is 2.57. The van der Waals surface area contributed by atoms with Crippen molar-refractivity contribution in [2.24, 2.45) is 0 Å². The van der Waals surface area contributed by atoms with Crippen molar-refractivity contribution in [2.75, 3.05) is 0 Å². The van der Waals surface area contributed by atoms with Gasteiger partial charge >= 0.3 is 0 Å². The predicted molar refractivity (Wildman–Crippen MR) is 286 cm³/mol. The van der Waals surface area contributed by atoms with Crippen molar-refractivity contribution in [1.29, 1.82) is 0 Å². The van der Waals surface area contributed by atoms with E-state index < -0.39 is 5.41 Å². The van der Waals surface area contributed by atoms with Crippen LogP contribution in [0.4, 0.5) is 0 Å². The number of para-hydroxylation sites is 1. The smallest absolute Gasteiger partial charge is 0.164 e. The molecule has 10 aromatic carbocycles. The molecule has 4 aromatic heterocycles. The van der Waals surface area contributed by atoms with Gasteiger partial charge in [0.15, 0.2) is 17.5 Å². The molecule has 0 amide bonds. The molecule has 1 aliphatic rings. The highest BCUT2D eigenvalue weighted by atomic mass is 32.1. The van der Waals surface area contributed by atoms with E-state index in [1.807, 2.05) is 42.5 Å². The fourth-order valence-corrected chi connectivity index (χ4v) is 12.5. The third kappa shape index (κ3) is 5.68. The van der Waals surface area contributed by atoms with Crippen LogP contribution in [0.3, 0.4) is 0 Å². The third-order valence-corrected chi connectivity index (χ3v) is 15.6. The number of aromatic nitrogens is 3. The molecule has 0 aliphatic heterocycles. The molecule has 14 aromatic rings. The molecule has 0 atom stereocenters. The Hall–Kier alpha value is -8.97. The average Bonchev–Trinajstić information content (AvgIpc) is 4.19. The van der Waals surface area contributed by atoms with E-state index in [-0.39, 0.29) is 0 Å². The normalized spacial score (nSPS) is 13.0. The molecule has 0 spiro atoms. The summed E-state index contributed by atoms with van der Waals surface area (Å²) in [6, 6.07) is 79.9. The first-order chi connectivity index (χ1) is 34.7. The van der Waals surface area contributed by atoms with Crippen LogP contribution < -0.4 is 0 Å². The van der Waals surface area contributed by atoms with E-state index in [0.29, 0.717) is 17.5 Å². The molecule has 0 bridgehead atoms. The molecule has 5 nitrogen and oxygen atoms in total. The summed E-state index contributed by atoms with van der Waals surface area (Å²) in [5, 5.41) is 6.32. The van der Waals surface area contributed by atoms with Crippen LogP contribution in [0.1, 0.15) is 22.3 Å². The van der Waals surface area contributed by atoms with Crippen molar-refractivity contribution >= 4 is 75.4 Å². The van der Waals surface area contributed by atoms with Gasteiger partial charge in [0.05, 0.1) is 5.41 Å². The summed E-state index contributed by atoms with van der Waals surface area (Å²) in [4.78, 5) is 16.1. The van der Waals surface area contributed by atoms with E-state index in [1.54, 1.807) is 11.3 Å². The maximum atomic E-state index is 6.69. The lowest BCUT2D eigenvalue weighted by Gasteiger charge is -2.34. The Kier molecular flexibility index (Phi) is 8.38. The van der Waals surface area contributed by atoms with Crippen LogP contribution in [0.2, 0.25) is 0 Å². The molecule has 0 unspecified atom stereocenters. The van der Waals surface area contributed by atoms with Crippen molar-refractivity contribution in [3.63, 3.8) is 0 Å². The topological polar surface area (TPSA) is 65.0 Å². The molecule has 326 valence electrons. The molecule has 6 heteroatoms. The van der Waals surface area contributed by atoms with E-state index in [2.05, 4.69) is 182 Å². The zero-order valence-electron chi connectivity index (χ0n) is 37.4. The summed E-state index contributed by atoms with van der Waals surface area (Å²) < 4.78 is 15.5. The highest BCUT2D eigenvalue weighted by molar-refractivity contribution is 7.25. The van der Waals surface area contributed by atoms with Gasteiger partial charge < -0.3 is 8.83 Å². The Bertz CT molecular complexity index is 4390. The van der Waals surface area contributed by atoms with E-state index in [9.17, 15) is 0 Å². The fraction of sp³-hybridized carbons (Fsp3) is 0.0156. The number of thiophene rings is 1. The van der Waals surface area contributed by atoms with Crippen LogP contribution in [0, 0.1) is 0 Å². The van der Waals surface area contributed by atoms with Gasteiger partial charge in [-0.1, -0.05) is 164 Å². The first-order valence-electron chi connectivity index (χ1n) is 23.6. The average molecular weight is 912 g/mol. The second-order valence-electron chi connectivity index (χ2n) is 18.2. The van der Waals surface area contributed by atoms with Crippen molar-refractivity contribution in [3.8, 4) is 56.4 Å². The zero-order valence-corrected chi connectivity index (χ0v) is 38.2. The minimum atomic E-state index is -0.508.